The first-order chi connectivity index (χ1) is 12.5. The molecular weight excluding hydrogens is 332 g/mol. The molecule has 0 saturated carbocycles. The van der Waals surface area contributed by atoms with Crippen LogP contribution < -0.4 is 33.8 Å². The van der Waals surface area contributed by atoms with E-state index >= 15 is 0 Å². The van der Waals surface area contributed by atoms with Gasteiger partial charge in [-0.15, -0.1) is 14.1 Å². The molecule has 0 aliphatic heterocycles. The molecular formula is C16H32N10. The predicted molar refractivity (Wildman–Crippen MR) is 103 cm³/mol. The Balaban J connectivity index is 2.80. The van der Waals surface area contributed by atoms with Crippen LogP contribution in [0.15, 0.2) is 34.5 Å². The summed E-state index contributed by atoms with van der Waals surface area (Å²) in [5, 5.41) is 8.06. The van der Waals surface area contributed by atoms with E-state index in [9.17, 15) is 0 Å². The fourth-order valence-electron chi connectivity index (χ4n) is 2.40. The lowest BCUT2D eigenvalue weighted by molar-refractivity contribution is -0.602. The molecule has 0 spiro atoms. The summed E-state index contributed by atoms with van der Waals surface area (Å²) >= 11 is 0. The first-order valence-corrected chi connectivity index (χ1v) is 8.41. The van der Waals surface area contributed by atoms with E-state index in [0.29, 0.717) is 51.2 Å². The minimum absolute atomic E-state index is 0.400. The Hall–Kier alpha value is -2.40. The highest BCUT2D eigenvalue weighted by Gasteiger charge is 2.11. The van der Waals surface area contributed by atoms with Crippen molar-refractivity contribution >= 4 is 11.9 Å². The lowest BCUT2D eigenvalue weighted by Gasteiger charge is -2.23. The van der Waals surface area contributed by atoms with Crippen LogP contribution in [-0.2, 0) is 13.1 Å². The molecule has 0 aromatic heterocycles. The van der Waals surface area contributed by atoms with Crippen molar-refractivity contribution < 1.29 is 10.9 Å². The molecule has 0 fully saturated rings. The molecule has 0 aliphatic rings. The van der Waals surface area contributed by atoms with E-state index in [4.69, 9.17) is 22.9 Å². The van der Waals surface area contributed by atoms with Crippen molar-refractivity contribution in [2.45, 2.75) is 13.1 Å². The van der Waals surface area contributed by atoms with Crippen LogP contribution >= 0.6 is 0 Å². The Labute approximate surface area is 155 Å². The summed E-state index contributed by atoms with van der Waals surface area (Å²) in [4.78, 5) is 3.82. The lowest BCUT2D eigenvalue weighted by Crippen LogP contribution is -2.71. The van der Waals surface area contributed by atoms with Gasteiger partial charge >= 0.3 is 0 Å². The maximum absolute atomic E-state index is 5.95. The Kier molecular flexibility index (Phi) is 10.0. The number of nitrogens with zero attached hydrogens (tertiary/aromatic N) is 4. The number of nitrogens with two attached hydrogens (primary N) is 6. The highest BCUT2D eigenvalue weighted by Crippen LogP contribution is 2.10. The Bertz CT molecular complexity index is 518. The SMILES string of the molecule is [CH2-][NH2+]N=C(N)N(CCN)Cc1ccc(CN(CCN)C(N)=N[NH2+][CH2-])cc1. The van der Waals surface area contributed by atoms with Crippen LogP contribution in [0.3, 0.4) is 0 Å². The average Bonchev–Trinajstić information content (AvgIpc) is 2.63. The minimum atomic E-state index is 0.400. The summed E-state index contributed by atoms with van der Waals surface area (Å²) in [5.74, 6) is 0.800. The summed E-state index contributed by atoms with van der Waals surface area (Å²) in [7, 11) is 7.13. The molecule has 0 unspecified atom stereocenters. The van der Waals surface area contributed by atoms with Crippen molar-refractivity contribution in [3.8, 4) is 0 Å². The molecule has 1 aromatic carbocycles. The first kappa shape index (κ1) is 21.6. The molecule has 26 heavy (non-hydrogen) atoms. The van der Waals surface area contributed by atoms with E-state index < -0.39 is 0 Å². The monoisotopic (exact) mass is 364 g/mol. The molecule has 0 aliphatic carbocycles. The van der Waals surface area contributed by atoms with Gasteiger partial charge < -0.3 is 43.6 Å². The average molecular weight is 365 g/mol. The van der Waals surface area contributed by atoms with E-state index in [0.717, 1.165) is 11.1 Å². The van der Waals surface area contributed by atoms with Crippen molar-refractivity contribution in [3.63, 3.8) is 0 Å². The minimum Gasteiger partial charge on any atom is -0.365 e. The first-order valence-electron chi connectivity index (χ1n) is 8.41. The lowest BCUT2D eigenvalue weighted by atomic mass is 10.1. The van der Waals surface area contributed by atoms with Crippen molar-refractivity contribution in [3.05, 3.63) is 49.5 Å². The zero-order valence-corrected chi connectivity index (χ0v) is 15.2. The molecule has 1 aromatic rings. The van der Waals surface area contributed by atoms with Crippen molar-refractivity contribution in [1.82, 2.24) is 9.80 Å². The maximum atomic E-state index is 5.95. The van der Waals surface area contributed by atoms with Gasteiger partial charge in [0.05, 0.1) is 0 Å². The second kappa shape index (κ2) is 12.0. The van der Waals surface area contributed by atoms with Gasteiger partial charge in [0.1, 0.15) is 0 Å². The number of quaternary nitrogens is 2. The zero-order valence-electron chi connectivity index (χ0n) is 15.2. The highest BCUT2D eigenvalue weighted by molar-refractivity contribution is 5.77. The molecule has 10 nitrogen and oxygen atoms in total. The topological polar surface area (TPSA) is 168 Å². The molecule has 0 radical (unpaired) electrons. The van der Waals surface area contributed by atoms with Crippen LogP contribution in [0.4, 0.5) is 0 Å². The maximum Gasteiger partial charge on any atom is 0.247 e. The fourth-order valence-corrected chi connectivity index (χ4v) is 2.40. The van der Waals surface area contributed by atoms with Gasteiger partial charge in [0.25, 0.3) is 0 Å². The van der Waals surface area contributed by atoms with E-state index in [1.807, 2.05) is 34.1 Å². The number of benzene rings is 1. The van der Waals surface area contributed by atoms with Crippen LogP contribution in [0, 0.1) is 14.1 Å². The van der Waals surface area contributed by atoms with Crippen molar-refractivity contribution in [2.75, 3.05) is 26.2 Å². The number of hydrogen-bond donors (Lipinski definition) is 6. The molecule has 0 saturated heterocycles. The second-order valence-corrected chi connectivity index (χ2v) is 5.58. The third-order valence-electron chi connectivity index (χ3n) is 3.66. The van der Waals surface area contributed by atoms with Gasteiger partial charge in [0.15, 0.2) is 0 Å². The summed E-state index contributed by atoms with van der Waals surface area (Å²) in [6, 6.07) is 8.17. The third kappa shape index (κ3) is 7.23. The molecule has 0 atom stereocenters. The number of guanidine groups is 2. The van der Waals surface area contributed by atoms with Crippen molar-refractivity contribution in [2.24, 2.45) is 33.1 Å². The van der Waals surface area contributed by atoms with Gasteiger partial charge in [-0.25, -0.2) is 0 Å². The van der Waals surface area contributed by atoms with Crippen LogP contribution in [0.5, 0.6) is 0 Å². The molecule has 0 bridgehead atoms. The van der Waals surface area contributed by atoms with Gasteiger partial charge in [0, 0.05) is 39.3 Å². The molecule has 12 N–H and O–H groups in total. The normalized spacial score (nSPS) is 12.3. The second-order valence-electron chi connectivity index (χ2n) is 5.58. The quantitative estimate of drug-likeness (QED) is 0.0823. The molecule has 1 rings (SSSR count). The van der Waals surface area contributed by atoms with Gasteiger partial charge in [-0.1, -0.05) is 34.5 Å². The van der Waals surface area contributed by atoms with E-state index in [1.165, 1.54) is 10.9 Å². The van der Waals surface area contributed by atoms with E-state index in [-0.39, 0.29) is 0 Å². The van der Waals surface area contributed by atoms with E-state index in [2.05, 4.69) is 24.3 Å². The van der Waals surface area contributed by atoms with Crippen LogP contribution in [0.1, 0.15) is 11.1 Å². The predicted octanol–water partition coefficient (Wildman–Crippen LogP) is -3.62. The largest absolute Gasteiger partial charge is 0.365 e. The Morgan fingerprint density at radius 3 is 1.42 bits per heavy atom. The van der Waals surface area contributed by atoms with Crippen LogP contribution in [-0.4, -0.2) is 47.9 Å². The summed E-state index contributed by atoms with van der Waals surface area (Å²) in [6.07, 6.45) is 0. The van der Waals surface area contributed by atoms with Crippen molar-refractivity contribution in [1.29, 1.82) is 0 Å². The Morgan fingerprint density at radius 2 is 1.15 bits per heavy atom. The summed E-state index contributed by atoms with van der Waals surface area (Å²) in [6.45, 7) is 3.44. The molecule has 0 amide bonds. The van der Waals surface area contributed by atoms with E-state index in [1.54, 1.807) is 0 Å². The molecule has 0 heterocycles. The zero-order chi connectivity index (χ0) is 19.4. The van der Waals surface area contributed by atoms with Crippen LogP contribution in [0.2, 0.25) is 0 Å². The fraction of sp³-hybridized carbons (Fsp3) is 0.375. The van der Waals surface area contributed by atoms with Gasteiger partial charge in [-0.05, 0) is 11.1 Å². The third-order valence-corrected chi connectivity index (χ3v) is 3.66. The Morgan fingerprint density at radius 1 is 0.808 bits per heavy atom. The summed E-state index contributed by atoms with van der Waals surface area (Å²) < 4.78 is 0. The summed E-state index contributed by atoms with van der Waals surface area (Å²) in [5.41, 5.74) is 28.2. The number of hydrogen-bond acceptors (Lipinski definition) is 4. The van der Waals surface area contributed by atoms with Gasteiger partial charge in [0.2, 0.25) is 11.9 Å². The van der Waals surface area contributed by atoms with Gasteiger partial charge in [-0.2, -0.15) is 0 Å². The molecule has 10 heteroatoms. The van der Waals surface area contributed by atoms with Crippen LogP contribution in [0.25, 0.3) is 0 Å². The van der Waals surface area contributed by atoms with Gasteiger partial charge in [-0.3, -0.25) is 0 Å². The smallest absolute Gasteiger partial charge is 0.247 e. The number of rotatable bonds is 10. The molecule has 146 valence electrons. The standard InChI is InChI=1S/C16H32N10/c1-21-23-15(19)25(9-7-17)11-13-3-5-14(6-4-13)12-26(10-8-18)16(20)24-22-2/h3-6H,1-2,7-12,17-18,21-22H2,(H2,19,23)(H2,20,24). The highest BCUT2D eigenvalue weighted by atomic mass is 15.4.